The second-order valence-corrected chi connectivity index (χ2v) is 18.6. The number of esters is 2. The van der Waals surface area contributed by atoms with Gasteiger partial charge in [0.25, 0.3) is 0 Å². The lowest BCUT2D eigenvalue weighted by molar-refractivity contribution is -0.250. The fraction of sp³-hybridized carbons (Fsp3) is 0.872. The second kappa shape index (κ2) is 11.4. The summed E-state index contributed by atoms with van der Waals surface area (Å²) in [5.41, 5.74) is 1.04. The van der Waals surface area contributed by atoms with Crippen LogP contribution in [-0.4, -0.2) is 36.2 Å². The minimum atomic E-state index is -0.634. The van der Waals surface area contributed by atoms with E-state index in [1.54, 1.807) is 0 Å². The van der Waals surface area contributed by atoms with Crippen LogP contribution < -0.4 is 0 Å². The number of carbonyl (C=O) groups is 3. The molecule has 5 rings (SSSR count). The van der Waals surface area contributed by atoms with E-state index >= 15 is 0 Å². The first kappa shape index (κ1) is 34.5. The number of hydrogen-bond acceptors (Lipinski definition) is 5. The quantitative estimate of drug-likeness (QED) is 0.214. The molecule has 254 valence electrons. The van der Waals surface area contributed by atoms with Gasteiger partial charge in [0.15, 0.2) is 0 Å². The maximum atomic E-state index is 13.2. The lowest BCUT2D eigenvalue weighted by Crippen LogP contribution is -2.66. The van der Waals surface area contributed by atoms with E-state index < -0.39 is 11.4 Å². The van der Waals surface area contributed by atoms with E-state index in [9.17, 15) is 19.5 Å². The van der Waals surface area contributed by atoms with Gasteiger partial charge in [0.1, 0.15) is 6.10 Å². The Balaban J connectivity index is 1.38. The number of carbonyl (C=O) groups excluding carboxylic acids is 2. The molecule has 0 saturated heterocycles. The summed E-state index contributed by atoms with van der Waals surface area (Å²) in [7, 11) is 1.38. The fourth-order valence-corrected chi connectivity index (χ4v) is 13.2. The predicted molar refractivity (Wildman–Crippen MR) is 176 cm³/mol. The number of carboxylic acid groups (broad SMARTS) is 1. The van der Waals surface area contributed by atoms with E-state index in [1.807, 2.05) is 13.8 Å². The first-order valence-electron chi connectivity index (χ1n) is 17.9. The number of carboxylic acids is 1. The van der Waals surface area contributed by atoms with Gasteiger partial charge in [-0.3, -0.25) is 14.4 Å². The minimum Gasteiger partial charge on any atom is -0.481 e. The molecule has 4 unspecified atom stereocenters. The molecule has 0 aliphatic heterocycles. The second-order valence-electron chi connectivity index (χ2n) is 18.6. The van der Waals surface area contributed by atoms with Crippen molar-refractivity contribution in [2.45, 2.75) is 145 Å². The third-order valence-electron chi connectivity index (χ3n) is 15.4. The van der Waals surface area contributed by atoms with E-state index in [0.29, 0.717) is 36.0 Å². The van der Waals surface area contributed by atoms with E-state index in [0.717, 1.165) is 44.9 Å². The number of hydrogen-bond donors (Lipinski definition) is 1. The molecule has 0 aromatic rings. The molecule has 5 aliphatic carbocycles. The number of methoxy groups -OCH3 is 1. The maximum Gasteiger partial charge on any atom is 0.306 e. The van der Waals surface area contributed by atoms with Crippen LogP contribution in [-0.2, 0) is 23.9 Å². The normalized spacial score (nSPS) is 43.6. The standard InChI is InChI=1S/C39H62O6/c1-24(2)25-13-18-39(21-30(40)41)20-19-37(8)26(33(25)39)11-12-28-36(7)16-15-29(35(5,6)27(36)14-17-38(28,37)9)45-32(43)23-34(3,4)22-31(42)44-10/h25-29,33H,1,11-23H2,2-10H3,(H,40,41)/t25-,26?,27?,28?,29-,33?,36-,37+,38+,39+/m0/s1. The third kappa shape index (κ3) is 5.40. The van der Waals surface area contributed by atoms with Crippen molar-refractivity contribution in [2.75, 3.05) is 7.11 Å². The van der Waals surface area contributed by atoms with Crippen LogP contribution in [0, 0.1) is 62.1 Å². The molecule has 0 spiro atoms. The van der Waals surface area contributed by atoms with Crippen LogP contribution in [0.15, 0.2) is 12.2 Å². The Morgan fingerprint density at radius 2 is 1.49 bits per heavy atom. The molecule has 0 bridgehead atoms. The van der Waals surface area contributed by atoms with E-state index in [1.165, 1.54) is 31.9 Å². The van der Waals surface area contributed by atoms with Crippen LogP contribution in [0.4, 0.5) is 0 Å². The molecule has 6 heteroatoms. The summed E-state index contributed by atoms with van der Waals surface area (Å²) >= 11 is 0. The van der Waals surface area contributed by atoms with Crippen LogP contribution in [0.5, 0.6) is 0 Å². The molecule has 0 radical (unpaired) electrons. The van der Waals surface area contributed by atoms with Gasteiger partial charge < -0.3 is 14.6 Å². The summed E-state index contributed by atoms with van der Waals surface area (Å²) in [5, 5.41) is 10.0. The summed E-state index contributed by atoms with van der Waals surface area (Å²) in [5.74, 6) is 1.30. The Bertz CT molecular complexity index is 1220. The van der Waals surface area contributed by atoms with Crippen molar-refractivity contribution in [2.24, 2.45) is 62.1 Å². The average molecular weight is 627 g/mol. The highest BCUT2D eigenvalue weighted by Crippen LogP contribution is 2.78. The van der Waals surface area contributed by atoms with E-state index in [4.69, 9.17) is 9.47 Å². The summed E-state index contributed by atoms with van der Waals surface area (Å²) in [6, 6.07) is 0. The molecular weight excluding hydrogens is 564 g/mol. The molecule has 0 aromatic carbocycles. The molecule has 0 amide bonds. The minimum absolute atomic E-state index is 0.0841. The number of fused-ring (bicyclic) bond motifs is 7. The molecule has 0 heterocycles. The Labute approximate surface area is 272 Å². The molecule has 5 saturated carbocycles. The van der Waals surface area contributed by atoms with Gasteiger partial charge in [0.05, 0.1) is 26.4 Å². The van der Waals surface area contributed by atoms with E-state index in [-0.39, 0.29) is 58.0 Å². The monoisotopic (exact) mass is 626 g/mol. The van der Waals surface area contributed by atoms with Crippen molar-refractivity contribution in [3.63, 3.8) is 0 Å². The maximum absolute atomic E-state index is 13.2. The van der Waals surface area contributed by atoms with Gasteiger partial charge in [-0.1, -0.05) is 60.6 Å². The first-order valence-corrected chi connectivity index (χ1v) is 17.9. The highest BCUT2D eigenvalue weighted by atomic mass is 16.5. The molecule has 10 atom stereocenters. The number of allylic oxidation sites excluding steroid dienone is 1. The predicted octanol–water partition coefficient (Wildman–Crippen LogP) is 9.01. The van der Waals surface area contributed by atoms with Crippen LogP contribution in [0.2, 0.25) is 0 Å². The zero-order chi connectivity index (χ0) is 33.4. The number of ether oxygens (including phenoxy) is 2. The SMILES string of the molecule is C=C(C)[C@@H]1CC[C@]2(CC(=O)O)CC[C@]3(C)C(CCC4[C@@]5(C)CC[C@H](OC(=O)CC(C)(C)CC(=O)OC)C(C)(C)C5CC[C@]43C)C12. The Morgan fingerprint density at radius 3 is 2.11 bits per heavy atom. The molecule has 5 fully saturated rings. The van der Waals surface area contributed by atoms with Crippen molar-refractivity contribution in [3.8, 4) is 0 Å². The van der Waals surface area contributed by atoms with Crippen LogP contribution >= 0.6 is 0 Å². The largest absolute Gasteiger partial charge is 0.481 e. The lowest BCUT2D eigenvalue weighted by atomic mass is 9.32. The summed E-state index contributed by atoms with van der Waals surface area (Å²) in [6.45, 7) is 22.9. The smallest absolute Gasteiger partial charge is 0.306 e. The third-order valence-corrected chi connectivity index (χ3v) is 15.4. The van der Waals surface area contributed by atoms with Gasteiger partial charge in [-0.25, -0.2) is 0 Å². The van der Waals surface area contributed by atoms with Gasteiger partial charge in [0.2, 0.25) is 0 Å². The topological polar surface area (TPSA) is 89.9 Å². The van der Waals surface area contributed by atoms with Gasteiger partial charge in [-0.2, -0.15) is 0 Å². The van der Waals surface area contributed by atoms with Gasteiger partial charge >= 0.3 is 17.9 Å². The Hall–Kier alpha value is -1.85. The zero-order valence-corrected chi connectivity index (χ0v) is 29.9. The Morgan fingerprint density at radius 1 is 0.822 bits per heavy atom. The van der Waals surface area contributed by atoms with Crippen LogP contribution in [0.3, 0.4) is 0 Å². The summed E-state index contributed by atoms with van der Waals surface area (Å²) in [4.78, 5) is 37.4. The number of aliphatic carboxylic acids is 1. The molecule has 0 aromatic heterocycles. The van der Waals surface area contributed by atoms with Crippen molar-refractivity contribution in [1.82, 2.24) is 0 Å². The first-order chi connectivity index (χ1) is 20.8. The van der Waals surface area contributed by atoms with Gasteiger partial charge in [-0.15, -0.1) is 0 Å². The van der Waals surface area contributed by atoms with E-state index in [2.05, 4.69) is 48.1 Å². The average Bonchev–Trinajstić information content (AvgIpc) is 3.29. The zero-order valence-electron chi connectivity index (χ0n) is 29.9. The molecule has 45 heavy (non-hydrogen) atoms. The fourth-order valence-electron chi connectivity index (χ4n) is 13.2. The van der Waals surface area contributed by atoms with Gasteiger partial charge in [0, 0.05) is 5.41 Å². The Kier molecular flexibility index (Phi) is 8.73. The van der Waals surface area contributed by atoms with Crippen LogP contribution in [0.25, 0.3) is 0 Å². The molecular formula is C39H62O6. The number of rotatable bonds is 8. The summed E-state index contributed by atoms with van der Waals surface area (Å²) in [6.07, 6.45) is 11.5. The van der Waals surface area contributed by atoms with Gasteiger partial charge in [-0.05, 0) is 128 Å². The molecule has 1 N–H and O–H groups in total. The van der Waals surface area contributed by atoms with Crippen molar-refractivity contribution < 1.29 is 29.0 Å². The highest BCUT2D eigenvalue weighted by Gasteiger charge is 2.71. The van der Waals surface area contributed by atoms with Crippen LogP contribution in [0.1, 0.15) is 139 Å². The lowest BCUT2D eigenvalue weighted by Gasteiger charge is -2.73. The highest BCUT2D eigenvalue weighted by molar-refractivity contribution is 5.74. The molecule has 5 aliphatic rings. The van der Waals surface area contributed by atoms with Crippen molar-refractivity contribution in [3.05, 3.63) is 12.2 Å². The van der Waals surface area contributed by atoms with Crippen molar-refractivity contribution >= 4 is 17.9 Å². The summed E-state index contributed by atoms with van der Waals surface area (Å²) < 4.78 is 11.1. The van der Waals surface area contributed by atoms with Crippen molar-refractivity contribution in [1.29, 1.82) is 0 Å². The molecule has 6 nitrogen and oxygen atoms in total.